The zero-order valence-corrected chi connectivity index (χ0v) is 11.1. The molecule has 0 unspecified atom stereocenters. The van der Waals surface area contributed by atoms with Gasteiger partial charge in [-0.1, -0.05) is 25.3 Å². The van der Waals surface area contributed by atoms with Gasteiger partial charge in [0.2, 0.25) is 0 Å². The Bertz CT molecular complexity index is 597. The number of hydrogen-bond acceptors (Lipinski definition) is 3. The van der Waals surface area contributed by atoms with E-state index in [9.17, 15) is 4.79 Å². The zero-order chi connectivity index (χ0) is 13.2. The Morgan fingerprint density at radius 2 is 2.11 bits per heavy atom. The summed E-state index contributed by atoms with van der Waals surface area (Å²) < 4.78 is 6.73. The molecule has 0 saturated heterocycles. The smallest absolute Gasteiger partial charge is 0.342 e. The Labute approximate surface area is 112 Å². The van der Waals surface area contributed by atoms with E-state index in [2.05, 4.69) is 5.10 Å². The predicted octanol–water partition coefficient (Wildman–Crippen LogP) is 3.17. The predicted molar refractivity (Wildman–Crippen MR) is 72.4 cm³/mol. The molecule has 0 bridgehead atoms. The van der Waals surface area contributed by atoms with Crippen LogP contribution in [-0.4, -0.2) is 22.7 Å². The van der Waals surface area contributed by atoms with Gasteiger partial charge in [-0.25, -0.2) is 9.31 Å². The molecule has 0 aliphatic heterocycles. The molecule has 2 heterocycles. The van der Waals surface area contributed by atoms with Gasteiger partial charge in [0.1, 0.15) is 5.56 Å². The van der Waals surface area contributed by atoms with Crippen LogP contribution in [0.4, 0.5) is 0 Å². The number of carbonyl (C=O) groups is 1. The van der Waals surface area contributed by atoms with Crippen LogP contribution in [-0.2, 0) is 4.74 Å². The van der Waals surface area contributed by atoms with Crippen molar-refractivity contribution < 1.29 is 9.53 Å². The van der Waals surface area contributed by atoms with Crippen LogP contribution < -0.4 is 0 Å². The second-order valence-corrected chi connectivity index (χ2v) is 5.12. The number of nitrogens with zero attached hydrogens (tertiary/aromatic N) is 2. The van der Waals surface area contributed by atoms with Crippen LogP contribution >= 0.6 is 0 Å². The Morgan fingerprint density at radius 1 is 1.32 bits per heavy atom. The van der Waals surface area contributed by atoms with Gasteiger partial charge in [0.25, 0.3) is 0 Å². The molecule has 0 spiro atoms. The van der Waals surface area contributed by atoms with E-state index in [1.807, 2.05) is 24.4 Å². The van der Waals surface area contributed by atoms with Gasteiger partial charge in [0.05, 0.1) is 18.3 Å². The topological polar surface area (TPSA) is 43.6 Å². The summed E-state index contributed by atoms with van der Waals surface area (Å²) >= 11 is 0. The van der Waals surface area contributed by atoms with Crippen molar-refractivity contribution in [2.24, 2.45) is 0 Å². The Morgan fingerprint density at radius 3 is 2.84 bits per heavy atom. The molecular formula is C15H18N2O2. The SMILES string of the molecule is COC(=O)c1c(C2CCCCC2)nn2ccccc12. The second kappa shape index (κ2) is 5.03. The van der Waals surface area contributed by atoms with Crippen LogP contribution in [0, 0.1) is 0 Å². The third-order valence-electron chi connectivity index (χ3n) is 3.95. The average molecular weight is 258 g/mol. The number of esters is 1. The Kier molecular flexibility index (Phi) is 3.23. The third kappa shape index (κ3) is 2.11. The van der Waals surface area contributed by atoms with Crippen LogP contribution in [0.1, 0.15) is 54.1 Å². The number of pyridine rings is 1. The van der Waals surface area contributed by atoms with Crippen molar-refractivity contribution in [3.8, 4) is 0 Å². The van der Waals surface area contributed by atoms with E-state index >= 15 is 0 Å². The highest BCUT2D eigenvalue weighted by Gasteiger charge is 2.27. The minimum absolute atomic E-state index is 0.276. The van der Waals surface area contributed by atoms with Gasteiger partial charge in [0.15, 0.2) is 0 Å². The first-order chi connectivity index (χ1) is 9.31. The van der Waals surface area contributed by atoms with Crippen molar-refractivity contribution >= 4 is 11.5 Å². The van der Waals surface area contributed by atoms with Crippen LogP contribution in [0.25, 0.3) is 5.52 Å². The number of hydrogen-bond donors (Lipinski definition) is 0. The summed E-state index contributed by atoms with van der Waals surface area (Å²) in [7, 11) is 1.43. The lowest BCUT2D eigenvalue weighted by atomic mass is 9.85. The van der Waals surface area contributed by atoms with Crippen molar-refractivity contribution in [1.29, 1.82) is 0 Å². The van der Waals surface area contributed by atoms with Crippen molar-refractivity contribution in [2.75, 3.05) is 7.11 Å². The Hall–Kier alpha value is -1.84. The fourth-order valence-electron chi connectivity index (χ4n) is 2.99. The quantitative estimate of drug-likeness (QED) is 0.777. The first-order valence-electron chi connectivity index (χ1n) is 6.87. The number of rotatable bonds is 2. The lowest BCUT2D eigenvalue weighted by Crippen LogP contribution is -2.11. The fourth-order valence-corrected chi connectivity index (χ4v) is 2.99. The monoisotopic (exact) mass is 258 g/mol. The summed E-state index contributed by atoms with van der Waals surface area (Å²) in [5.74, 6) is 0.115. The van der Waals surface area contributed by atoms with Crippen LogP contribution in [0.5, 0.6) is 0 Å². The van der Waals surface area contributed by atoms with E-state index in [-0.39, 0.29) is 5.97 Å². The van der Waals surface area contributed by atoms with E-state index in [4.69, 9.17) is 4.74 Å². The number of fused-ring (bicyclic) bond motifs is 1. The molecular weight excluding hydrogens is 240 g/mol. The van der Waals surface area contributed by atoms with Gasteiger partial charge in [-0.2, -0.15) is 5.10 Å². The van der Waals surface area contributed by atoms with Crippen molar-refractivity contribution in [3.05, 3.63) is 35.7 Å². The Balaban J connectivity index is 2.13. The van der Waals surface area contributed by atoms with Crippen molar-refractivity contribution in [2.45, 2.75) is 38.0 Å². The highest BCUT2D eigenvalue weighted by molar-refractivity contribution is 5.98. The molecule has 2 aromatic heterocycles. The third-order valence-corrected chi connectivity index (χ3v) is 3.95. The number of methoxy groups -OCH3 is 1. The molecule has 4 heteroatoms. The molecule has 4 nitrogen and oxygen atoms in total. The largest absolute Gasteiger partial charge is 0.465 e. The lowest BCUT2D eigenvalue weighted by molar-refractivity contribution is 0.0600. The molecule has 2 aromatic rings. The normalized spacial score (nSPS) is 16.7. The van der Waals surface area contributed by atoms with E-state index in [1.165, 1.54) is 26.4 Å². The average Bonchev–Trinajstić information content (AvgIpc) is 2.87. The molecule has 1 saturated carbocycles. The maximum atomic E-state index is 12.1. The summed E-state index contributed by atoms with van der Waals surface area (Å²) in [6.45, 7) is 0. The standard InChI is InChI=1S/C15H18N2O2/c1-19-15(18)13-12-9-5-6-10-17(12)16-14(13)11-7-3-2-4-8-11/h5-6,9-11H,2-4,7-8H2,1H3. The first-order valence-corrected chi connectivity index (χ1v) is 6.87. The molecule has 0 radical (unpaired) electrons. The van der Waals surface area contributed by atoms with E-state index in [0.29, 0.717) is 11.5 Å². The zero-order valence-electron chi connectivity index (χ0n) is 11.1. The van der Waals surface area contributed by atoms with Crippen molar-refractivity contribution in [1.82, 2.24) is 9.61 Å². The van der Waals surface area contributed by atoms with E-state index in [0.717, 1.165) is 24.1 Å². The van der Waals surface area contributed by atoms with Crippen LogP contribution in [0.15, 0.2) is 24.4 Å². The molecule has 0 atom stereocenters. The second-order valence-electron chi connectivity index (χ2n) is 5.12. The maximum absolute atomic E-state index is 12.1. The van der Waals surface area contributed by atoms with Gasteiger partial charge < -0.3 is 4.74 Å². The summed E-state index contributed by atoms with van der Waals surface area (Å²) in [6, 6.07) is 5.77. The van der Waals surface area contributed by atoms with Gasteiger partial charge in [-0.05, 0) is 25.0 Å². The minimum Gasteiger partial charge on any atom is -0.465 e. The van der Waals surface area contributed by atoms with E-state index in [1.54, 1.807) is 4.52 Å². The van der Waals surface area contributed by atoms with Crippen LogP contribution in [0.3, 0.4) is 0 Å². The first kappa shape index (κ1) is 12.2. The molecule has 19 heavy (non-hydrogen) atoms. The van der Waals surface area contributed by atoms with Gasteiger partial charge in [-0.3, -0.25) is 0 Å². The summed E-state index contributed by atoms with van der Waals surface area (Å²) in [5, 5.41) is 4.62. The molecule has 100 valence electrons. The highest BCUT2D eigenvalue weighted by Crippen LogP contribution is 2.35. The number of ether oxygens (including phenoxy) is 1. The summed E-state index contributed by atoms with van der Waals surface area (Å²) in [6.07, 6.45) is 7.85. The maximum Gasteiger partial charge on any atom is 0.342 e. The van der Waals surface area contributed by atoms with Gasteiger partial charge >= 0.3 is 5.97 Å². The molecule has 1 aliphatic rings. The molecule has 1 aliphatic carbocycles. The fraction of sp³-hybridized carbons (Fsp3) is 0.467. The molecule has 0 amide bonds. The molecule has 1 fully saturated rings. The highest BCUT2D eigenvalue weighted by atomic mass is 16.5. The number of aromatic nitrogens is 2. The van der Waals surface area contributed by atoms with Gasteiger partial charge in [-0.15, -0.1) is 0 Å². The minimum atomic E-state index is -0.276. The molecule has 3 rings (SSSR count). The number of carbonyl (C=O) groups excluding carboxylic acids is 1. The summed E-state index contributed by atoms with van der Waals surface area (Å²) in [5.41, 5.74) is 2.41. The molecule has 0 N–H and O–H groups in total. The van der Waals surface area contributed by atoms with Crippen LogP contribution in [0.2, 0.25) is 0 Å². The van der Waals surface area contributed by atoms with E-state index < -0.39 is 0 Å². The lowest BCUT2D eigenvalue weighted by Gasteiger charge is -2.20. The van der Waals surface area contributed by atoms with Crippen molar-refractivity contribution in [3.63, 3.8) is 0 Å². The van der Waals surface area contributed by atoms with Gasteiger partial charge in [0, 0.05) is 12.1 Å². The summed E-state index contributed by atoms with van der Waals surface area (Å²) in [4.78, 5) is 12.1. The molecule has 0 aromatic carbocycles.